The quantitative estimate of drug-likeness (QED) is 0.674. The van der Waals surface area contributed by atoms with Crippen LogP contribution in [-0.2, 0) is 9.59 Å². The molecule has 0 bridgehead atoms. The second-order valence-corrected chi connectivity index (χ2v) is 4.24. The van der Waals surface area contributed by atoms with Crippen molar-refractivity contribution in [2.75, 3.05) is 25.5 Å². The molecule has 0 aliphatic rings. The molecule has 1 rings (SSSR count). The van der Waals surface area contributed by atoms with Crippen LogP contribution in [0.15, 0.2) is 24.3 Å². The minimum Gasteiger partial charge on any atom is -0.493 e. The summed E-state index contributed by atoms with van der Waals surface area (Å²) < 4.78 is 5.41. The molecule has 0 aromatic heterocycles. The predicted octanol–water partition coefficient (Wildman–Crippen LogP) is 1.30. The van der Waals surface area contributed by atoms with Crippen LogP contribution in [-0.4, -0.2) is 32.0 Å². The lowest BCUT2D eigenvalue weighted by atomic mass is 10.2. The number of ether oxygens (including phenoxy) is 1. The van der Waals surface area contributed by atoms with Crippen LogP contribution in [0.4, 0.5) is 5.69 Å². The van der Waals surface area contributed by atoms with E-state index in [1.54, 1.807) is 31.3 Å². The van der Waals surface area contributed by atoms with E-state index in [0.29, 0.717) is 43.9 Å². The molecule has 1 aromatic rings. The zero-order valence-electron chi connectivity index (χ0n) is 12.1. The summed E-state index contributed by atoms with van der Waals surface area (Å²) in [7, 11) is 1.59. The average Bonchev–Trinajstić information content (AvgIpc) is 2.46. The summed E-state index contributed by atoms with van der Waals surface area (Å²) in [6.07, 6.45) is 1.40. The van der Waals surface area contributed by atoms with Crippen molar-refractivity contribution in [1.29, 1.82) is 0 Å². The molecule has 7 heteroatoms. The van der Waals surface area contributed by atoms with Gasteiger partial charge in [-0.05, 0) is 37.2 Å². The maximum absolute atomic E-state index is 11.5. The highest BCUT2D eigenvalue weighted by atomic mass is 35.5. The van der Waals surface area contributed by atoms with Crippen molar-refractivity contribution >= 4 is 29.9 Å². The number of hydrogen-bond donors (Lipinski definition) is 3. The molecule has 0 aliphatic carbocycles. The lowest BCUT2D eigenvalue weighted by Crippen LogP contribution is -2.20. The number of nitrogens with two attached hydrogens (primary N) is 1. The Morgan fingerprint density at radius 1 is 1.14 bits per heavy atom. The Morgan fingerprint density at radius 3 is 2.38 bits per heavy atom. The maximum Gasteiger partial charge on any atom is 0.224 e. The minimum absolute atomic E-state index is 0. The molecule has 0 aliphatic heterocycles. The molecule has 0 atom stereocenters. The topological polar surface area (TPSA) is 93.5 Å². The highest BCUT2D eigenvalue weighted by molar-refractivity contribution is 5.90. The van der Waals surface area contributed by atoms with E-state index in [-0.39, 0.29) is 24.2 Å². The molecule has 1 aromatic carbocycles. The summed E-state index contributed by atoms with van der Waals surface area (Å²) in [5.74, 6) is 0.548. The van der Waals surface area contributed by atoms with Crippen molar-refractivity contribution in [3.05, 3.63) is 24.3 Å². The molecule has 2 amide bonds. The van der Waals surface area contributed by atoms with Gasteiger partial charge in [-0.15, -0.1) is 12.4 Å². The lowest BCUT2D eigenvalue weighted by molar-refractivity contribution is -0.121. The number of carbonyl (C=O) groups excluding carboxylic acids is 2. The normalized spacial score (nSPS) is 9.43. The van der Waals surface area contributed by atoms with Gasteiger partial charge in [0.2, 0.25) is 11.8 Å². The molecule has 6 nitrogen and oxygen atoms in total. The number of amides is 2. The second-order valence-electron chi connectivity index (χ2n) is 4.24. The Hall–Kier alpha value is -1.79. The van der Waals surface area contributed by atoms with Gasteiger partial charge in [-0.3, -0.25) is 9.59 Å². The Labute approximate surface area is 130 Å². The van der Waals surface area contributed by atoms with Gasteiger partial charge in [0.05, 0.1) is 13.0 Å². The SMILES string of the molecule is CNC(=O)CCOc1ccc(NC(=O)CCCN)cc1.Cl. The molecular weight excluding hydrogens is 294 g/mol. The largest absolute Gasteiger partial charge is 0.493 e. The molecule has 0 unspecified atom stereocenters. The maximum atomic E-state index is 11.5. The third-order valence-electron chi connectivity index (χ3n) is 2.62. The molecule has 0 radical (unpaired) electrons. The fraction of sp³-hybridized carbons (Fsp3) is 0.429. The zero-order valence-corrected chi connectivity index (χ0v) is 12.9. The summed E-state index contributed by atoms with van der Waals surface area (Å²) in [6.45, 7) is 0.827. The number of carbonyl (C=O) groups is 2. The second kappa shape index (κ2) is 10.9. The van der Waals surface area contributed by atoms with Gasteiger partial charge in [0.25, 0.3) is 0 Å². The Morgan fingerprint density at radius 2 is 1.81 bits per heavy atom. The fourth-order valence-electron chi connectivity index (χ4n) is 1.51. The van der Waals surface area contributed by atoms with E-state index in [9.17, 15) is 9.59 Å². The van der Waals surface area contributed by atoms with Crippen molar-refractivity contribution in [3.63, 3.8) is 0 Å². The number of anilines is 1. The van der Waals surface area contributed by atoms with Crippen LogP contribution in [0.5, 0.6) is 5.75 Å². The molecule has 0 spiro atoms. The van der Waals surface area contributed by atoms with Gasteiger partial charge in [0.15, 0.2) is 0 Å². The van der Waals surface area contributed by atoms with Crippen LogP contribution in [0.1, 0.15) is 19.3 Å². The van der Waals surface area contributed by atoms with E-state index in [2.05, 4.69) is 10.6 Å². The van der Waals surface area contributed by atoms with Crippen LogP contribution in [0.25, 0.3) is 0 Å². The van der Waals surface area contributed by atoms with E-state index < -0.39 is 0 Å². The van der Waals surface area contributed by atoms with Crippen LogP contribution in [0.3, 0.4) is 0 Å². The van der Waals surface area contributed by atoms with Crippen molar-refractivity contribution in [3.8, 4) is 5.75 Å². The zero-order chi connectivity index (χ0) is 14.8. The van der Waals surface area contributed by atoms with Crippen molar-refractivity contribution in [2.24, 2.45) is 5.73 Å². The van der Waals surface area contributed by atoms with Gasteiger partial charge < -0.3 is 21.1 Å². The number of hydrogen-bond acceptors (Lipinski definition) is 4. The van der Waals surface area contributed by atoms with Gasteiger partial charge >= 0.3 is 0 Å². The number of rotatable bonds is 8. The summed E-state index contributed by atoms with van der Waals surface area (Å²) >= 11 is 0. The molecule has 0 saturated carbocycles. The van der Waals surface area contributed by atoms with Gasteiger partial charge in [0, 0.05) is 19.2 Å². The summed E-state index contributed by atoms with van der Waals surface area (Å²) in [5.41, 5.74) is 6.06. The summed E-state index contributed by atoms with van der Waals surface area (Å²) in [6, 6.07) is 7.02. The van der Waals surface area contributed by atoms with E-state index in [0.717, 1.165) is 0 Å². The van der Waals surface area contributed by atoms with Gasteiger partial charge in [-0.2, -0.15) is 0 Å². The third-order valence-corrected chi connectivity index (χ3v) is 2.62. The minimum atomic E-state index is -0.0613. The monoisotopic (exact) mass is 315 g/mol. The molecule has 0 saturated heterocycles. The van der Waals surface area contributed by atoms with Gasteiger partial charge in [0.1, 0.15) is 5.75 Å². The highest BCUT2D eigenvalue weighted by Crippen LogP contribution is 2.16. The van der Waals surface area contributed by atoms with E-state index in [1.165, 1.54) is 0 Å². The highest BCUT2D eigenvalue weighted by Gasteiger charge is 2.02. The van der Waals surface area contributed by atoms with Crippen LogP contribution in [0, 0.1) is 0 Å². The molecule has 0 heterocycles. The molecule has 21 heavy (non-hydrogen) atoms. The first kappa shape index (κ1) is 19.2. The van der Waals surface area contributed by atoms with Crippen molar-refractivity contribution < 1.29 is 14.3 Å². The van der Waals surface area contributed by atoms with Crippen molar-refractivity contribution in [2.45, 2.75) is 19.3 Å². The average molecular weight is 316 g/mol. The Bertz CT molecular complexity index is 438. The Balaban J connectivity index is 0.00000400. The van der Waals surface area contributed by atoms with Crippen molar-refractivity contribution in [1.82, 2.24) is 5.32 Å². The molecular formula is C14H22ClN3O3. The summed E-state index contributed by atoms with van der Waals surface area (Å²) in [4.78, 5) is 22.5. The first-order valence-corrected chi connectivity index (χ1v) is 6.59. The van der Waals surface area contributed by atoms with E-state index in [1.807, 2.05) is 0 Å². The van der Waals surface area contributed by atoms with Crippen LogP contribution >= 0.6 is 12.4 Å². The predicted molar refractivity (Wildman–Crippen MR) is 84.8 cm³/mol. The van der Waals surface area contributed by atoms with Gasteiger partial charge in [-0.1, -0.05) is 0 Å². The van der Waals surface area contributed by atoms with E-state index >= 15 is 0 Å². The lowest BCUT2D eigenvalue weighted by Gasteiger charge is -2.08. The number of halogens is 1. The van der Waals surface area contributed by atoms with E-state index in [4.69, 9.17) is 10.5 Å². The Kier molecular flexibility index (Phi) is 10.0. The summed E-state index contributed by atoms with van der Waals surface area (Å²) in [5, 5.41) is 5.30. The number of nitrogens with one attached hydrogen (secondary N) is 2. The molecule has 0 fully saturated rings. The molecule has 118 valence electrons. The standard InChI is InChI=1S/C14H21N3O3.ClH/c1-16-13(18)8-10-20-12-6-4-11(5-7-12)17-14(19)3-2-9-15;/h4-7H,2-3,8-10,15H2,1H3,(H,16,18)(H,17,19);1H. The third kappa shape index (κ3) is 8.16. The first-order chi connectivity index (χ1) is 9.65. The first-order valence-electron chi connectivity index (χ1n) is 6.59. The molecule has 4 N–H and O–H groups in total. The number of benzene rings is 1. The smallest absolute Gasteiger partial charge is 0.224 e. The fourth-order valence-corrected chi connectivity index (χ4v) is 1.51. The van der Waals surface area contributed by atoms with Gasteiger partial charge in [-0.25, -0.2) is 0 Å². The van der Waals surface area contributed by atoms with Crippen LogP contribution in [0.2, 0.25) is 0 Å². The van der Waals surface area contributed by atoms with Crippen LogP contribution < -0.4 is 21.1 Å².